The fourth-order valence-corrected chi connectivity index (χ4v) is 4.61. The van der Waals surface area contributed by atoms with Crippen molar-refractivity contribution >= 4 is 33.0 Å². The number of amides is 1. The van der Waals surface area contributed by atoms with Crippen molar-refractivity contribution < 1.29 is 13.2 Å². The molecule has 0 saturated heterocycles. The van der Waals surface area contributed by atoms with E-state index in [0.717, 1.165) is 22.5 Å². The Morgan fingerprint density at radius 1 is 1.17 bits per heavy atom. The number of rotatable bonds is 7. The quantitative estimate of drug-likeness (QED) is 0.819. The molecule has 0 saturated carbocycles. The highest BCUT2D eigenvalue weighted by atomic mass is 32.2. The molecule has 130 valence electrons. The number of aryl methyl sites for hydroxylation is 2. The lowest BCUT2D eigenvalue weighted by Crippen LogP contribution is -2.37. The molecule has 1 aromatic carbocycles. The van der Waals surface area contributed by atoms with Gasteiger partial charge < -0.3 is 4.90 Å². The molecule has 0 radical (unpaired) electrons. The molecule has 24 heavy (non-hydrogen) atoms. The summed E-state index contributed by atoms with van der Waals surface area (Å²) in [6.07, 6.45) is 0.811. The molecule has 1 amide bonds. The highest BCUT2D eigenvalue weighted by molar-refractivity contribution is 7.91. The van der Waals surface area contributed by atoms with Gasteiger partial charge in [-0.25, -0.2) is 13.1 Å². The van der Waals surface area contributed by atoms with Crippen LogP contribution in [0.1, 0.15) is 24.3 Å². The summed E-state index contributed by atoms with van der Waals surface area (Å²) in [7, 11) is -3.53. The number of carbonyl (C=O) groups is 1. The fourth-order valence-electron chi connectivity index (χ4n) is 2.25. The van der Waals surface area contributed by atoms with Gasteiger partial charge in [0.1, 0.15) is 4.21 Å². The number of sulfonamides is 1. The monoisotopic (exact) mass is 366 g/mol. The number of carbonyl (C=O) groups excluding carboxylic acids is 1. The van der Waals surface area contributed by atoms with E-state index in [0.29, 0.717) is 4.21 Å². The van der Waals surface area contributed by atoms with Crippen LogP contribution in [-0.2, 0) is 21.2 Å². The molecule has 0 aliphatic rings. The van der Waals surface area contributed by atoms with Gasteiger partial charge in [0.25, 0.3) is 0 Å². The summed E-state index contributed by atoms with van der Waals surface area (Å²) in [4.78, 5) is 14.4. The number of thiophene rings is 1. The van der Waals surface area contributed by atoms with Gasteiger partial charge in [-0.3, -0.25) is 4.79 Å². The number of anilines is 1. The van der Waals surface area contributed by atoms with Crippen molar-refractivity contribution in [3.05, 3.63) is 46.8 Å². The van der Waals surface area contributed by atoms with Crippen LogP contribution in [0.2, 0.25) is 0 Å². The molecule has 7 heteroatoms. The minimum Gasteiger partial charge on any atom is -0.311 e. The van der Waals surface area contributed by atoms with Crippen LogP contribution >= 0.6 is 11.3 Å². The van der Waals surface area contributed by atoms with Gasteiger partial charge in [0.05, 0.1) is 0 Å². The normalized spacial score (nSPS) is 11.5. The Kier molecular flexibility index (Phi) is 6.15. The van der Waals surface area contributed by atoms with Crippen LogP contribution in [0.15, 0.2) is 40.6 Å². The van der Waals surface area contributed by atoms with Gasteiger partial charge in [-0.1, -0.05) is 24.6 Å². The summed E-state index contributed by atoms with van der Waals surface area (Å²) >= 11 is 1.27. The van der Waals surface area contributed by atoms with Gasteiger partial charge in [0.15, 0.2) is 0 Å². The van der Waals surface area contributed by atoms with E-state index in [9.17, 15) is 13.2 Å². The van der Waals surface area contributed by atoms with Crippen molar-refractivity contribution in [2.24, 2.45) is 0 Å². The minimum absolute atomic E-state index is 0.123. The van der Waals surface area contributed by atoms with Crippen molar-refractivity contribution in [1.82, 2.24) is 4.72 Å². The van der Waals surface area contributed by atoms with Crippen molar-refractivity contribution in [3.8, 4) is 0 Å². The number of hydrogen-bond acceptors (Lipinski definition) is 4. The van der Waals surface area contributed by atoms with Crippen molar-refractivity contribution in [2.75, 3.05) is 18.0 Å². The summed E-state index contributed by atoms with van der Waals surface area (Å²) in [6.45, 7) is 5.88. The second kappa shape index (κ2) is 7.92. The molecule has 2 aromatic rings. The first kappa shape index (κ1) is 18.6. The number of nitrogens with zero attached hydrogens (tertiary/aromatic N) is 1. The Bertz CT molecular complexity index is 795. The molecule has 0 spiro atoms. The van der Waals surface area contributed by atoms with Gasteiger partial charge in [-0.2, -0.15) is 0 Å². The zero-order valence-electron chi connectivity index (χ0n) is 14.1. The number of nitrogens with one attached hydrogen (secondary N) is 1. The van der Waals surface area contributed by atoms with E-state index in [1.807, 2.05) is 44.2 Å². The van der Waals surface area contributed by atoms with Gasteiger partial charge in [0, 0.05) is 30.6 Å². The Morgan fingerprint density at radius 3 is 2.38 bits per heavy atom. The van der Waals surface area contributed by atoms with Crippen LogP contribution in [0, 0.1) is 6.92 Å². The zero-order chi connectivity index (χ0) is 17.7. The first-order valence-corrected chi connectivity index (χ1v) is 10.1. The lowest BCUT2D eigenvalue weighted by atomic mass is 10.2. The molecule has 0 atom stereocenters. The fraction of sp³-hybridized carbons (Fsp3) is 0.353. The maximum atomic E-state index is 12.3. The van der Waals surface area contributed by atoms with Crippen LogP contribution in [-0.4, -0.2) is 27.4 Å². The van der Waals surface area contributed by atoms with Crippen LogP contribution in [0.5, 0.6) is 0 Å². The Hall–Kier alpha value is -1.70. The zero-order valence-corrected chi connectivity index (χ0v) is 15.7. The van der Waals surface area contributed by atoms with Gasteiger partial charge >= 0.3 is 0 Å². The second-order valence-electron chi connectivity index (χ2n) is 5.48. The predicted octanol–water partition coefficient (Wildman–Crippen LogP) is 2.95. The molecule has 0 fully saturated rings. The highest BCUT2D eigenvalue weighted by Crippen LogP contribution is 2.21. The standard InChI is InChI=1S/C17H22N2O3S2/c1-4-16-9-10-17(23-16)24(21,22)18-11-12-19(14(3)20)15-7-5-13(2)6-8-15/h5-10,18H,4,11-12H2,1-3H3. The average molecular weight is 367 g/mol. The van der Waals surface area contributed by atoms with E-state index >= 15 is 0 Å². The van der Waals surface area contributed by atoms with Gasteiger partial charge in [-0.15, -0.1) is 11.3 Å². The molecule has 0 bridgehead atoms. The third-order valence-corrected chi connectivity index (χ3v) is 6.79. The highest BCUT2D eigenvalue weighted by Gasteiger charge is 2.18. The van der Waals surface area contributed by atoms with E-state index in [1.165, 1.54) is 18.3 Å². The number of hydrogen-bond donors (Lipinski definition) is 1. The van der Waals surface area contributed by atoms with E-state index in [1.54, 1.807) is 11.0 Å². The molecule has 2 rings (SSSR count). The molecule has 1 aromatic heterocycles. The first-order valence-electron chi connectivity index (χ1n) is 7.76. The summed E-state index contributed by atoms with van der Waals surface area (Å²) in [5, 5.41) is 0. The van der Waals surface area contributed by atoms with E-state index < -0.39 is 10.0 Å². The lowest BCUT2D eigenvalue weighted by Gasteiger charge is -2.21. The SMILES string of the molecule is CCc1ccc(S(=O)(=O)NCCN(C(C)=O)c2ccc(C)cc2)s1. The molecule has 0 aliphatic heterocycles. The molecule has 0 unspecified atom stereocenters. The predicted molar refractivity (Wildman–Crippen MR) is 98.1 cm³/mol. The van der Waals surface area contributed by atoms with Gasteiger partial charge in [-0.05, 0) is 37.6 Å². The van der Waals surface area contributed by atoms with Crippen molar-refractivity contribution in [3.63, 3.8) is 0 Å². The summed E-state index contributed by atoms with van der Waals surface area (Å²) in [5.41, 5.74) is 1.86. The van der Waals surface area contributed by atoms with E-state index in [2.05, 4.69) is 4.72 Å². The van der Waals surface area contributed by atoms with Crippen molar-refractivity contribution in [1.29, 1.82) is 0 Å². The molecular formula is C17H22N2O3S2. The third-order valence-electron chi connectivity index (χ3n) is 3.60. The smallest absolute Gasteiger partial charge is 0.250 e. The van der Waals surface area contributed by atoms with E-state index in [4.69, 9.17) is 0 Å². The van der Waals surface area contributed by atoms with E-state index in [-0.39, 0.29) is 19.0 Å². The first-order chi connectivity index (χ1) is 11.3. The summed E-state index contributed by atoms with van der Waals surface area (Å²) < 4.78 is 27.5. The molecule has 5 nitrogen and oxygen atoms in total. The lowest BCUT2D eigenvalue weighted by molar-refractivity contribution is -0.116. The summed E-state index contributed by atoms with van der Waals surface area (Å²) in [6, 6.07) is 11.0. The Morgan fingerprint density at radius 2 is 1.83 bits per heavy atom. The topological polar surface area (TPSA) is 66.5 Å². The maximum Gasteiger partial charge on any atom is 0.250 e. The number of benzene rings is 1. The molecule has 0 aliphatic carbocycles. The second-order valence-corrected chi connectivity index (χ2v) is 8.64. The molecular weight excluding hydrogens is 344 g/mol. The molecule has 1 N–H and O–H groups in total. The summed E-state index contributed by atoms with van der Waals surface area (Å²) in [5.74, 6) is -0.123. The third kappa shape index (κ3) is 4.66. The van der Waals surface area contributed by atoms with Crippen LogP contribution in [0.25, 0.3) is 0 Å². The van der Waals surface area contributed by atoms with Gasteiger partial charge in [0.2, 0.25) is 15.9 Å². The van der Waals surface area contributed by atoms with Crippen molar-refractivity contribution in [2.45, 2.75) is 31.4 Å². The largest absolute Gasteiger partial charge is 0.311 e. The Labute approximate surface area is 147 Å². The maximum absolute atomic E-state index is 12.3. The van der Waals surface area contributed by atoms with Crippen LogP contribution < -0.4 is 9.62 Å². The minimum atomic E-state index is -3.53. The average Bonchev–Trinajstić information content (AvgIpc) is 3.02. The Balaban J connectivity index is 2.02. The van der Waals surface area contributed by atoms with Crippen LogP contribution in [0.4, 0.5) is 5.69 Å². The molecule has 1 heterocycles. The van der Waals surface area contributed by atoms with Crippen LogP contribution in [0.3, 0.4) is 0 Å².